The molecule has 0 saturated carbocycles. The molecule has 0 aliphatic rings. The van der Waals surface area contributed by atoms with Crippen LogP contribution >= 0.6 is 11.3 Å². The molecule has 0 aliphatic carbocycles. The Kier molecular flexibility index (Phi) is 15.2. The van der Waals surface area contributed by atoms with Crippen molar-refractivity contribution in [1.82, 2.24) is 15.0 Å². The molecule has 5 aromatic rings. The van der Waals surface area contributed by atoms with E-state index in [1.54, 1.807) is 0 Å². The molecule has 79 heavy (non-hydrogen) atoms. The Morgan fingerprint density at radius 2 is 0.595 bits per heavy atom. The number of aromatic nitrogens is 3. The van der Waals surface area contributed by atoms with Gasteiger partial charge in [0.25, 0.3) is 0 Å². The first kappa shape index (κ1) is 63.9. The van der Waals surface area contributed by atoms with Crippen LogP contribution in [0.5, 0.6) is 12.0 Å². The van der Waals surface area contributed by atoms with Crippen molar-refractivity contribution in [1.29, 1.82) is 0 Å². The van der Waals surface area contributed by atoms with E-state index in [1.807, 2.05) is 0 Å². The van der Waals surface area contributed by atoms with Crippen LogP contribution in [0.4, 0.5) is 149 Å². The zero-order chi connectivity index (χ0) is 61.2. The molecule has 3 aromatic carbocycles. The highest BCUT2D eigenvalue weighted by Gasteiger charge is 2.97. The molecular formula is C39H15F34N3O2S. The first-order valence-corrected chi connectivity index (χ1v) is 20.3. The molecule has 0 radical (unpaired) electrons. The van der Waals surface area contributed by atoms with Gasteiger partial charge in [-0.2, -0.15) is 159 Å². The first-order valence-electron chi connectivity index (χ1n) is 19.5. The van der Waals surface area contributed by atoms with E-state index in [-0.39, 0.29) is 20.2 Å². The number of hydrogen-bond donors (Lipinski definition) is 0. The number of ether oxygens (including phenoxy) is 2. The maximum absolute atomic E-state index is 14.9. The molecule has 5 nitrogen and oxygen atoms in total. The van der Waals surface area contributed by atoms with Gasteiger partial charge in [-0.1, -0.05) is 60.7 Å². The molecule has 0 saturated heterocycles. The number of thiophene rings is 1. The molecule has 0 N–H and O–H groups in total. The monoisotopic (exact) mass is 1240 g/mol. The summed E-state index contributed by atoms with van der Waals surface area (Å²) in [5.41, 5.74) is -0.0154. The van der Waals surface area contributed by atoms with E-state index in [1.165, 1.54) is 54.6 Å². The second-order valence-electron chi connectivity index (χ2n) is 15.9. The summed E-state index contributed by atoms with van der Waals surface area (Å²) in [5.74, 6) is -123. The van der Waals surface area contributed by atoms with Crippen molar-refractivity contribution in [2.45, 2.75) is 95.3 Å². The van der Waals surface area contributed by atoms with Gasteiger partial charge in [-0.05, 0) is 17.2 Å². The van der Waals surface area contributed by atoms with Gasteiger partial charge < -0.3 is 9.47 Å². The van der Waals surface area contributed by atoms with Crippen LogP contribution in [0.3, 0.4) is 0 Å². The summed E-state index contributed by atoms with van der Waals surface area (Å²) in [6.45, 7) is -7.94. The third-order valence-electron chi connectivity index (χ3n) is 10.8. The number of hydrogen-bond acceptors (Lipinski definition) is 6. The van der Waals surface area contributed by atoms with Crippen LogP contribution in [0.25, 0.3) is 42.7 Å². The highest BCUT2D eigenvalue weighted by molar-refractivity contribution is 7.26. The lowest BCUT2D eigenvalue weighted by Gasteiger charge is -2.42. The predicted octanol–water partition coefficient (Wildman–Crippen LogP) is 16.3. The summed E-state index contributed by atoms with van der Waals surface area (Å²) in [6.07, 6.45) is -16.2. The summed E-state index contributed by atoms with van der Waals surface area (Å²) in [4.78, 5) is 8.63. The smallest absolute Gasteiger partial charge is 0.457 e. The first-order chi connectivity index (χ1) is 35.1. The fourth-order valence-corrected chi connectivity index (χ4v) is 7.66. The summed E-state index contributed by atoms with van der Waals surface area (Å²) < 4.78 is 480. The van der Waals surface area contributed by atoms with Crippen molar-refractivity contribution in [3.8, 4) is 34.5 Å². The summed E-state index contributed by atoms with van der Waals surface area (Å²) in [7, 11) is 0. The van der Waals surface area contributed by atoms with Crippen LogP contribution in [0.2, 0.25) is 0 Å². The van der Waals surface area contributed by atoms with Gasteiger partial charge >= 0.3 is 107 Å². The van der Waals surface area contributed by atoms with E-state index in [0.717, 1.165) is 12.1 Å². The lowest BCUT2D eigenvalue weighted by Crippen LogP contribution is -2.74. The molecule has 0 atom stereocenters. The van der Waals surface area contributed by atoms with E-state index in [4.69, 9.17) is 0 Å². The number of halogens is 34. The highest BCUT2D eigenvalue weighted by Crippen LogP contribution is 2.66. The Morgan fingerprint density at radius 1 is 0.304 bits per heavy atom. The fraction of sp³-hybridized carbons (Fsp3) is 0.462. The lowest BCUT2D eigenvalue weighted by atomic mass is 9.89. The van der Waals surface area contributed by atoms with Gasteiger partial charge in [0, 0.05) is 25.7 Å². The largest absolute Gasteiger partial charge is 0.460 e. The molecule has 0 aliphatic heterocycles. The Labute approximate surface area is 415 Å². The number of alkyl halides is 34. The molecule has 5 rings (SSSR count). The van der Waals surface area contributed by atoms with E-state index in [2.05, 4.69) is 24.4 Å². The second kappa shape index (κ2) is 18.8. The molecule has 2 heterocycles. The van der Waals surface area contributed by atoms with E-state index >= 15 is 0 Å². The molecule has 0 fully saturated rings. The minimum Gasteiger partial charge on any atom is -0.457 e. The highest BCUT2D eigenvalue weighted by atomic mass is 32.1. The molecular weight excluding hydrogens is 1220 g/mol. The van der Waals surface area contributed by atoms with Crippen molar-refractivity contribution in [3.05, 3.63) is 66.7 Å². The number of nitrogens with zero attached hydrogens (tertiary/aromatic N) is 3. The summed E-state index contributed by atoms with van der Waals surface area (Å²) in [5, 5.41) is 0.176. The minimum atomic E-state index is -9.14. The van der Waals surface area contributed by atoms with Crippen molar-refractivity contribution in [2.75, 3.05) is 13.2 Å². The van der Waals surface area contributed by atoms with Crippen LogP contribution in [0.15, 0.2) is 66.7 Å². The molecule has 40 heteroatoms. The van der Waals surface area contributed by atoms with Crippen LogP contribution < -0.4 is 9.47 Å². The Morgan fingerprint density at radius 3 is 0.924 bits per heavy atom. The standard InChI is InChI=1S/C39H15F34N3O2S/c40-24(41,26(44,45)28(48,49)30(52,53)32(56,57)34(60,61)36(64,65)38(68,69)70)12-77-22-74-21(18-11-5-10-17-16-9-4-8-15(19(16)79-20(17)18)14-6-2-1-3-7-14)75-23(76-22)78-13-25(42,43)27(46,47)29(50,51)31(54,55)33(58,59)35(62,63)37(66,67)39(71,72)73/h1-11H,12-13H2. The summed E-state index contributed by atoms with van der Waals surface area (Å²) >= 11 is 0.604. The average Bonchev–Trinajstić information content (AvgIpc) is 3.71. The van der Waals surface area contributed by atoms with Gasteiger partial charge in [-0.25, -0.2) is 0 Å². The molecule has 0 spiro atoms. The molecule has 0 amide bonds. The fourth-order valence-electron chi connectivity index (χ4n) is 6.31. The van der Waals surface area contributed by atoms with Gasteiger partial charge in [0.05, 0.1) is 0 Å². The lowest BCUT2D eigenvalue weighted by molar-refractivity contribution is -0.462. The third kappa shape index (κ3) is 9.22. The molecule has 0 unspecified atom stereocenters. The van der Waals surface area contributed by atoms with E-state index in [9.17, 15) is 149 Å². The Bertz CT molecular complexity index is 2920. The maximum Gasteiger partial charge on any atom is 0.460 e. The quantitative estimate of drug-likeness (QED) is 0.0727. The third-order valence-corrected chi connectivity index (χ3v) is 12.1. The van der Waals surface area contributed by atoms with Crippen molar-refractivity contribution < 1.29 is 159 Å². The van der Waals surface area contributed by atoms with Crippen molar-refractivity contribution >= 4 is 31.5 Å². The Hall–Kier alpha value is -5.89. The topological polar surface area (TPSA) is 57.1 Å². The van der Waals surface area contributed by atoms with Crippen molar-refractivity contribution in [2.24, 2.45) is 0 Å². The van der Waals surface area contributed by atoms with E-state index in [0.29, 0.717) is 22.5 Å². The van der Waals surface area contributed by atoms with Gasteiger partial charge in [0.1, 0.15) is 0 Å². The Balaban J connectivity index is 1.63. The molecule has 442 valence electrons. The van der Waals surface area contributed by atoms with Gasteiger partial charge in [0.15, 0.2) is 19.0 Å². The molecule has 2 aromatic heterocycles. The number of benzene rings is 3. The van der Waals surface area contributed by atoms with Crippen LogP contribution in [0, 0.1) is 0 Å². The normalized spacial score (nSPS) is 15.3. The van der Waals surface area contributed by atoms with Crippen molar-refractivity contribution in [3.63, 3.8) is 0 Å². The number of fused-ring (bicyclic) bond motifs is 3. The summed E-state index contributed by atoms with van der Waals surface area (Å²) in [6, 6.07) is 9.59. The van der Waals surface area contributed by atoms with Crippen LogP contribution in [-0.2, 0) is 0 Å². The minimum absolute atomic E-state index is 0.0185. The second-order valence-corrected chi connectivity index (χ2v) is 17.0. The zero-order valence-corrected chi connectivity index (χ0v) is 37.0. The predicted molar refractivity (Wildman–Crippen MR) is 196 cm³/mol. The maximum atomic E-state index is 14.9. The van der Waals surface area contributed by atoms with Crippen LogP contribution in [-0.4, -0.2) is 123 Å². The zero-order valence-electron chi connectivity index (χ0n) is 36.2. The van der Waals surface area contributed by atoms with Gasteiger partial charge in [-0.3, -0.25) is 0 Å². The van der Waals surface area contributed by atoms with Gasteiger partial charge in [0.2, 0.25) is 0 Å². The number of rotatable bonds is 20. The van der Waals surface area contributed by atoms with Crippen LogP contribution in [0.1, 0.15) is 0 Å². The van der Waals surface area contributed by atoms with Gasteiger partial charge in [-0.15, -0.1) is 16.3 Å². The average molecular weight is 1240 g/mol. The SMILES string of the molecule is FC(F)(F)C(F)(F)C(F)(F)C(F)(F)C(F)(F)C(F)(F)C(F)(F)C(F)(F)COc1nc(OCC(F)(F)C(F)(F)C(F)(F)C(F)(F)C(F)(F)C(F)(F)C(F)(F)C(F)(F)F)nc(-c2cccc3c2sc2c(-c4ccccc4)cccc23)n1. The van der Waals surface area contributed by atoms with E-state index < -0.39 is 132 Å². The molecule has 0 bridgehead atoms.